The van der Waals surface area contributed by atoms with Crippen molar-refractivity contribution in [3.8, 4) is 0 Å². The Balaban J connectivity index is 0.00000162. The lowest BCUT2D eigenvalue weighted by Gasteiger charge is -2.09. The highest BCUT2D eigenvalue weighted by atomic mass is 32.1. The number of hydrogen-bond donors (Lipinski definition) is 0. The van der Waals surface area contributed by atoms with Crippen molar-refractivity contribution in [1.29, 1.82) is 0 Å². The van der Waals surface area contributed by atoms with Crippen molar-refractivity contribution >= 4 is 13.5 Å². The van der Waals surface area contributed by atoms with Crippen molar-refractivity contribution in [2.75, 3.05) is 0 Å². The van der Waals surface area contributed by atoms with Gasteiger partial charge in [0.15, 0.2) is 0 Å². The number of nitro groups is 1. The van der Waals surface area contributed by atoms with Gasteiger partial charge in [-0.1, -0.05) is 60.7 Å². The molecule has 0 N–H and O–H groups in total. The molecule has 0 aliphatic heterocycles. The van der Waals surface area contributed by atoms with E-state index >= 15 is 0 Å². The van der Waals surface area contributed by atoms with E-state index in [-0.39, 0.29) is 18.4 Å². The molecule has 2 aromatic carbocycles. The lowest BCUT2D eigenvalue weighted by Crippen LogP contribution is -2.13. The average Bonchev–Trinajstić information content (AvgIpc) is 2.38. The van der Waals surface area contributed by atoms with Crippen LogP contribution in [0.15, 0.2) is 60.7 Å². The summed E-state index contributed by atoms with van der Waals surface area (Å²) in [7, 11) is 0. The maximum absolute atomic E-state index is 11.1. The first kappa shape index (κ1) is 14.3. The fourth-order valence-corrected chi connectivity index (χ4v) is 1.83. The molecule has 94 valence electrons. The van der Waals surface area contributed by atoms with Crippen molar-refractivity contribution in [3.05, 3.63) is 81.9 Å². The first-order chi connectivity index (χ1) is 8.27. The van der Waals surface area contributed by atoms with Crippen molar-refractivity contribution < 1.29 is 4.92 Å². The van der Waals surface area contributed by atoms with Crippen LogP contribution in [0.1, 0.15) is 17.2 Å². The molecular formula is C14H15NO2S. The number of rotatable bonds is 4. The summed E-state index contributed by atoms with van der Waals surface area (Å²) in [4.78, 5) is 10.9. The highest BCUT2D eigenvalue weighted by Gasteiger charge is 2.22. The van der Waals surface area contributed by atoms with E-state index in [1.165, 1.54) is 0 Å². The largest absolute Gasteiger partial charge is 0.264 e. The van der Waals surface area contributed by atoms with E-state index in [2.05, 4.69) is 0 Å². The summed E-state index contributed by atoms with van der Waals surface area (Å²) in [6, 6.07) is 18.0. The second-order valence-electron chi connectivity index (χ2n) is 3.90. The average molecular weight is 261 g/mol. The molecule has 1 atom stereocenters. The Labute approximate surface area is 113 Å². The predicted octanol–water partition coefficient (Wildman–Crippen LogP) is 3.36. The van der Waals surface area contributed by atoms with Crippen LogP contribution in [0.3, 0.4) is 0 Å². The van der Waals surface area contributed by atoms with Crippen molar-refractivity contribution in [2.24, 2.45) is 0 Å². The van der Waals surface area contributed by atoms with E-state index in [0.717, 1.165) is 11.1 Å². The van der Waals surface area contributed by atoms with Gasteiger partial charge < -0.3 is 0 Å². The molecule has 0 saturated carbocycles. The van der Waals surface area contributed by atoms with Gasteiger partial charge in [-0.3, -0.25) is 10.1 Å². The van der Waals surface area contributed by atoms with Gasteiger partial charge in [-0.15, -0.1) is 0 Å². The van der Waals surface area contributed by atoms with Crippen LogP contribution < -0.4 is 0 Å². The fourth-order valence-electron chi connectivity index (χ4n) is 1.83. The fraction of sp³-hybridized carbons (Fsp3) is 0.143. The van der Waals surface area contributed by atoms with Crippen LogP contribution in [0.4, 0.5) is 0 Å². The van der Waals surface area contributed by atoms with E-state index < -0.39 is 6.04 Å². The summed E-state index contributed by atoms with van der Waals surface area (Å²) in [5.41, 5.74) is 1.74. The predicted molar refractivity (Wildman–Crippen MR) is 76.7 cm³/mol. The maximum atomic E-state index is 11.1. The molecule has 0 bridgehead atoms. The second kappa shape index (κ2) is 6.81. The van der Waals surface area contributed by atoms with Crippen LogP contribution in [-0.4, -0.2) is 4.92 Å². The summed E-state index contributed by atoms with van der Waals surface area (Å²) in [5.74, 6) is 0. The Morgan fingerprint density at radius 2 is 1.44 bits per heavy atom. The molecule has 2 rings (SSSR count). The molecule has 3 nitrogen and oxygen atoms in total. The van der Waals surface area contributed by atoms with E-state index in [9.17, 15) is 10.1 Å². The lowest BCUT2D eigenvalue weighted by atomic mass is 10.00. The third-order valence-electron chi connectivity index (χ3n) is 2.71. The quantitative estimate of drug-likeness (QED) is 0.625. The summed E-state index contributed by atoms with van der Waals surface area (Å²) >= 11 is 0. The third kappa shape index (κ3) is 3.60. The molecule has 0 aliphatic carbocycles. The SMILES string of the molecule is O=[N+]([O-])C(Cc1ccccc1)c1ccccc1.S. The Morgan fingerprint density at radius 1 is 0.944 bits per heavy atom. The van der Waals surface area contributed by atoms with Gasteiger partial charge in [-0.25, -0.2) is 0 Å². The van der Waals surface area contributed by atoms with Crippen LogP contribution in [0.2, 0.25) is 0 Å². The Bertz CT molecular complexity index is 488. The van der Waals surface area contributed by atoms with Gasteiger partial charge in [-0.2, -0.15) is 13.5 Å². The minimum atomic E-state index is -0.668. The molecule has 2 aromatic rings. The van der Waals surface area contributed by atoms with Crippen LogP contribution in [0.25, 0.3) is 0 Å². The van der Waals surface area contributed by atoms with Crippen LogP contribution >= 0.6 is 13.5 Å². The van der Waals surface area contributed by atoms with Gasteiger partial charge in [0.1, 0.15) is 0 Å². The Kier molecular flexibility index (Phi) is 5.39. The van der Waals surface area contributed by atoms with E-state index in [4.69, 9.17) is 0 Å². The summed E-state index contributed by atoms with van der Waals surface area (Å²) in [6.07, 6.45) is 0.428. The summed E-state index contributed by atoms with van der Waals surface area (Å²) < 4.78 is 0. The third-order valence-corrected chi connectivity index (χ3v) is 2.71. The monoisotopic (exact) mass is 261 g/mol. The molecule has 18 heavy (non-hydrogen) atoms. The minimum absolute atomic E-state index is 0. The van der Waals surface area contributed by atoms with E-state index in [0.29, 0.717) is 6.42 Å². The lowest BCUT2D eigenvalue weighted by molar-refractivity contribution is -0.528. The zero-order valence-corrected chi connectivity index (χ0v) is 10.8. The Hall–Kier alpha value is -1.81. The number of nitrogens with zero attached hydrogens (tertiary/aromatic N) is 1. The first-order valence-electron chi connectivity index (χ1n) is 5.50. The van der Waals surface area contributed by atoms with Gasteiger partial charge >= 0.3 is 0 Å². The van der Waals surface area contributed by atoms with Crippen molar-refractivity contribution in [3.63, 3.8) is 0 Å². The summed E-state index contributed by atoms with van der Waals surface area (Å²) in [5, 5.41) is 11.1. The van der Waals surface area contributed by atoms with Gasteiger partial charge in [-0.05, 0) is 5.56 Å². The number of hydrogen-bond acceptors (Lipinski definition) is 2. The highest BCUT2D eigenvalue weighted by molar-refractivity contribution is 7.59. The maximum Gasteiger partial charge on any atom is 0.242 e. The molecule has 0 spiro atoms. The highest BCUT2D eigenvalue weighted by Crippen LogP contribution is 2.21. The standard InChI is InChI=1S/C14H13NO2.H2S/c16-15(17)14(13-9-5-2-6-10-13)11-12-7-3-1-4-8-12;/h1-10,14H,11H2;1H2. The van der Waals surface area contributed by atoms with Crippen LogP contribution in [0, 0.1) is 10.1 Å². The van der Waals surface area contributed by atoms with E-state index in [1.54, 1.807) is 12.1 Å². The van der Waals surface area contributed by atoms with Crippen molar-refractivity contribution in [2.45, 2.75) is 12.5 Å². The smallest absolute Gasteiger partial charge is 0.242 e. The van der Waals surface area contributed by atoms with Crippen molar-refractivity contribution in [1.82, 2.24) is 0 Å². The molecule has 0 radical (unpaired) electrons. The molecular weight excluding hydrogens is 246 g/mol. The van der Waals surface area contributed by atoms with Gasteiger partial charge in [0.2, 0.25) is 6.04 Å². The molecule has 0 heterocycles. The first-order valence-corrected chi connectivity index (χ1v) is 5.50. The van der Waals surface area contributed by atoms with E-state index in [1.807, 2.05) is 48.5 Å². The molecule has 4 heteroatoms. The number of benzene rings is 2. The molecule has 0 saturated heterocycles. The van der Waals surface area contributed by atoms with Crippen LogP contribution in [0.5, 0.6) is 0 Å². The second-order valence-corrected chi connectivity index (χ2v) is 3.90. The van der Waals surface area contributed by atoms with Gasteiger partial charge in [0, 0.05) is 16.9 Å². The molecule has 0 aliphatic rings. The molecule has 0 amide bonds. The zero-order valence-electron chi connectivity index (χ0n) is 9.82. The molecule has 1 unspecified atom stereocenters. The topological polar surface area (TPSA) is 43.1 Å². The normalized spacial score (nSPS) is 11.3. The Morgan fingerprint density at radius 3 is 1.94 bits per heavy atom. The molecule has 0 aromatic heterocycles. The minimum Gasteiger partial charge on any atom is -0.264 e. The summed E-state index contributed by atoms with van der Waals surface area (Å²) in [6.45, 7) is 0. The van der Waals surface area contributed by atoms with Gasteiger partial charge in [0.25, 0.3) is 0 Å². The molecule has 0 fully saturated rings. The zero-order chi connectivity index (χ0) is 12.1. The van der Waals surface area contributed by atoms with Crippen LogP contribution in [-0.2, 0) is 6.42 Å². The van der Waals surface area contributed by atoms with Gasteiger partial charge in [0.05, 0.1) is 0 Å².